The second-order valence-corrected chi connectivity index (χ2v) is 6.13. The minimum Gasteiger partial charge on any atom is -0.480 e. The molecule has 0 radical (unpaired) electrons. The summed E-state index contributed by atoms with van der Waals surface area (Å²) in [4.78, 5) is 29.4. The van der Waals surface area contributed by atoms with Crippen LogP contribution >= 0.6 is 0 Å². The number of anilines is 1. The quantitative estimate of drug-likeness (QED) is 0.888. The number of fused-ring (bicyclic) bond motifs is 1. The Balaban J connectivity index is 2.07. The molecule has 23 heavy (non-hydrogen) atoms. The summed E-state index contributed by atoms with van der Waals surface area (Å²) in [6.07, 6.45) is 4.54. The fraction of sp³-hybridized carbons (Fsp3) is 0.471. The highest BCUT2D eigenvalue weighted by atomic mass is 16.4. The molecule has 0 spiro atoms. The number of amides is 1. The lowest BCUT2D eigenvalue weighted by molar-refractivity contribution is -0.136. The number of benzene rings is 1. The van der Waals surface area contributed by atoms with Crippen LogP contribution in [-0.4, -0.2) is 35.4 Å². The molecule has 0 aromatic heterocycles. The third kappa shape index (κ3) is 3.12. The number of aliphatic carboxylic acids is 1. The van der Waals surface area contributed by atoms with Crippen molar-refractivity contribution in [1.82, 2.24) is 0 Å². The molecule has 3 N–H and O–H groups in total. The smallest absolute Gasteiger partial charge is 0.323 e. The number of carbonyl (C=O) groups is 2. The molecule has 1 aromatic carbocycles. The Kier molecular flexibility index (Phi) is 4.43. The van der Waals surface area contributed by atoms with Gasteiger partial charge in [-0.15, -0.1) is 0 Å². The van der Waals surface area contributed by atoms with Gasteiger partial charge in [0.05, 0.1) is 5.69 Å². The molecular weight excluding hydrogens is 294 g/mol. The zero-order chi connectivity index (χ0) is 16.4. The Morgan fingerprint density at radius 1 is 1.26 bits per heavy atom. The Labute approximate surface area is 135 Å². The van der Waals surface area contributed by atoms with E-state index in [2.05, 4.69) is 4.99 Å². The first-order chi connectivity index (χ1) is 11.1. The zero-order valence-electron chi connectivity index (χ0n) is 12.9. The summed E-state index contributed by atoms with van der Waals surface area (Å²) in [5.41, 5.74) is 8.23. The van der Waals surface area contributed by atoms with E-state index in [4.69, 9.17) is 10.8 Å². The number of hydrogen-bond acceptors (Lipinski definition) is 4. The topological polar surface area (TPSA) is 96.0 Å². The number of para-hydroxylation sites is 1. The lowest BCUT2D eigenvalue weighted by Crippen LogP contribution is -2.44. The largest absolute Gasteiger partial charge is 0.480 e. The van der Waals surface area contributed by atoms with Gasteiger partial charge in [-0.3, -0.25) is 19.5 Å². The van der Waals surface area contributed by atoms with Crippen LogP contribution in [-0.2, 0) is 9.59 Å². The van der Waals surface area contributed by atoms with Gasteiger partial charge in [-0.05, 0) is 18.9 Å². The van der Waals surface area contributed by atoms with Crippen molar-refractivity contribution in [2.75, 3.05) is 11.4 Å². The van der Waals surface area contributed by atoms with Crippen molar-refractivity contribution in [3.05, 3.63) is 29.8 Å². The SMILES string of the molecule is N[C@H]1N=C(C2CCCCC2)c2ccccc2N(CC(=O)O)C1=O. The first-order valence-corrected chi connectivity index (χ1v) is 8.04. The molecule has 1 amide bonds. The fourth-order valence-corrected chi connectivity index (χ4v) is 3.48. The predicted octanol–water partition coefficient (Wildman–Crippen LogP) is 1.77. The molecule has 122 valence electrons. The van der Waals surface area contributed by atoms with Crippen molar-refractivity contribution in [3.63, 3.8) is 0 Å². The monoisotopic (exact) mass is 315 g/mol. The number of hydrogen-bond donors (Lipinski definition) is 2. The van der Waals surface area contributed by atoms with E-state index < -0.39 is 24.6 Å². The molecule has 2 aliphatic rings. The Morgan fingerprint density at radius 3 is 2.65 bits per heavy atom. The summed E-state index contributed by atoms with van der Waals surface area (Å²) in [6.45, 7) is -0.406. The molecule has 0 unspecified atom stereocenters. The van der Waals surface area contributed by atoms with Gasteiger partial charge < -0.3 is 10.8 Å². The summed E-state index contributed by atoms with van der Waals surface area (Å²) in [6, 6.07) is 7.36. The molecule has 1 heterocycles. The number of benzodiazepines with no additional fused rings is 1. The number of carboxylic acids is 1. The van der Waals surface area contributed by atoms with E-state index in [0.29, 0.717) is 5.69 Å². The summed E-state index contributed by atoms with van der Waals surface area (Å²) in [7, 11) is 0. The standard InChI is InChI=1S/C17H21N3O3/c18-16-17(23)20(10-14(21)22)13-9-5-4-8-12(13)15(19-16)11-6-2-1-3-7-11/h4-5,8-9,11,16H,1-3,6-7,10,18H2,(H,21,22)/t16-/m0/s1. The molecule has 0 saturated heterocycles. The predicted molar refractivity (Wildman–Crippen MR) is 87.5 cm³/mol. The van der Waals surface area contributed by atoms with E-state index in [1.54, 1.807) is 12.1 Å². The van der Waals surface area contributed by atoms with Gasteiger partial charge >= 0.3 is 5.97 Å². The average Bonchev–Trinajstić information content (AvgIpc) is 2.66. The van der Waals surface area contributed by atoms with Gasteiger partial charge in [-0.2, -0.15) is 0 Å². The van der Waals surface area contributed by atoms with Gasteiger partial charge in [0.2, 0.25) is 0 Å². The first-order valence-electron chi connectivity index (χ1n) is 8.04. The normalized spacial score (nSPS) is 22.3. The molecule has 1 aliphatic heterocycles. The second kappa shape index (κ2) is 6.50. The van der Waals surface area contributed by atoms with Crippen molar-refractivity contribution >= 4 is 23.3 Å². The van der Waals surface area contributed by atoms with Crippen LogP contribution in [0.3, 0.4) is 0 Å². The van der Waals surface area contributed by atoms with E-state index in [1.807, 2.05) is 12.1 Å². The Morgan fingerprint density at radius 2 is 1.96 bits per heavy atom. The van der Waals surface area contributed by atoms with Gasteiger partial charge in [-0.1, -0.05) is 37.5 Å². The maximum absolute atomic E-state index is 12.5. The van der Waals surface area contributed by atoms with Crippen LogP contribution in [0.2, 0.25) is 0 Å². The zero-order valence-corrected chi connectivity index (χ0v) is 12.9. The summed E-state index contributed by atoms with van der Waals surface area (Å²) < 4.78 is 0. The molecule has 6 nitrogen and oxygen atoms in total. The maximum Gasteiger partial charge on any atom is 0.323 e. The molecule has 3 rings (SSSR count). The van der Waals surface area contributed by atoms with Crippen LogP contribution in [0.15, 0.2) is 29.3 Å². The van der Waals surface area contributed by atoms with Crippen LogP contribution in [0.5, 0.6) is 0 Å². The van der Waals surface area contributed by atoms with Gasteiger partial charge in [0.1, 0.15) is 6.54 Å². The Hall–Kier alpha value is -2.21. The minimum atomic E-state index is -1.07. The Bertz CT molecular complexity index is 650. The number of aliphatic imine (C=N–C) groups is 1. The molecule has 1 aliphatic carbocycles. The molecule has 0 bridgehead atoms. The van der Waals surface area contributed by atoms with Gasteiger partial charge in [0.15, 0.2) is 6.17 Å². The number of nitrogens with zero attached hydrogens (tertiary/aromatic N) is 2. The van der Waals surface area contributed by atoms with Crippen LogP contribution in [0.4, 0.5) is 5.69 Å². The minimum absolute atomic E-state index is 0.286. The van der Waals surface area contributed by atoms with E-state index in [1.165, 1.54) is 11.3 Å². The van der Waals surface area contributed by atoms with Crippen LogP contribution in [0.1, 0.15) is 37.7 Å². The lowest BCUT2D eigenvalue weighted by Gasteiger charge is -2.25. The summed E-state index contributed by atoms with van der Waals surface area (Å²) in [5, 5.41) is 9.13. The number of nitrogens with two attached hydrogens (primary N) is 1. The van der Waals surface area contributed by atoms with Crippen molar-refractivity contribution in [1.29, 1.82) is 0 Å². The van der Waals surface area contributed by atoms with Crippen molar-refractivity contribution in [3.8, 4) is 0 Å². The van der Waals surface area contributed by atoms with Gasteiger partial charge in [-0.25, -0.2) is 0 Å². The second-order valence-electron chi connectivity index (χ2n) is 6.13. The van der Waals surface area contributed by atoms with E-state index >= 15 is 0 Å². The summed E-state index contributed by atoms with van der Waals surface area (Å²) >= 11 is 0. The molecule has 1 fully saturated rings. The van der Waals surface area contributed by atoms with E-state index in [-0.39, 0.29) is 5.92 Å². The first kappa shape index (κ1) is 15.7. The van der Waals surface area contributed by atoms with E-state index in [9.17, 15) is 9.59 Å². The van der Waals surface area contributed by atoms with Crippen LogP contribution in [0, 0.1) is 5.92 Å². The number of carboxylic acid groups (broad SMARTS) is 1. The highest BCUT2D eigenvalue weighted by Gasteiger charge is 2.33. The molecule has 1 saturated carbocycles. The van der Waals surface area contributed by atoms with Gasteiger partial charge in [0, 0.05) is 17.2 Å². The fourth-order valence-electron chi connectivity index (χ4n) is 3.48. The highest BCUT2D eigenvalue weighted by Crippen LogP contribution is 2.33. The van der Waals surface area contributed by atoms with Crippen molar-refractivity contribution in [2.45, 2.75) is 38.3 Å². The lowest BCUT2D eigenvalue weighted by atomic mass is 9.83. The number of carbonyl (C=O) groups excluding carboxylic acids is 1. The molecule has 6 heteroatoms. The van der Waals surface area contributed by atoms with E-state index in [0.717, 1.165) is 37.0 Å². The van der Waals surface area contributed by atoms with Gasteiger partial charge in [0.25, 0.3) is 5.91 Å². The highest BCUT2D eigenvalue weighted by molar-refractivity contribution is 6.14. The molecular formula is C17H21N3O3. The third-order valence-corrected chi connectivity index (χ3v) is 4.55. The maximum atomic E-state index is 12.5. The van der Waals surface area contributed by atoms with Crippen LogP contribution < -0.4 is 10.6 Å². The third-order valence-electron chi connectivity index (χ3n) is 4.55. The molecule has 1 atom stereocenters. The summed E-state index contributed by atoms with van der Waals surface area (Å²) in [5.74, 6) is -1.25. The van der Waals surface area contributed by atoms with Crippen LogP contribution in [0.25, 0.3) is 0 Å². The number of rotatable bonds is 3. The molecule has 1 aromatic rings. The van der Waals surface area contributed by atoms with Crippen molar-refractivity contribution < 1.29 is 14.7 Å². The average molecular weight is 315 g/mol. The van der Waals surface area contributed by atoms with Crippen molar-refractivity contribution in [2.24, 2.45) is 16.6 Å².